The molecule has 0 saturated heterocycles. The van der Waals surface area contributed by atoms with Gasteiger partial charge in [0.2, 0.25) is 11.8 Å². The van der Waals surface area contributed by atoms with Gasteiger partial charge in [-0.25, -0.2) is 15.0 Å². The molecule has 1 N–H and O–H groups in total. The van der Waals surface area contributed by atoms with Crippen LogP contribution in [0.3, 0.4) is 0 Å². The number of carbonyl (C=O) groups is 1. The molecule has 0 spiro atoms. The summed E-state index contributed by atoms with van der Waals surface area (Å²) in [7, 11) is 3.15. The number of hydrogen-bond donors (Lipinski definition) is 1. The predicted octanol–water partition coefficient (Wildman–Crippen LogP) is 3.65. The number of alkyl halides is 3. The number of aryl methyl sites for hydroxylation is 3. The molecule has 12 heteroatoms. The average Bonchev–Trinajstić information content (AvgIpc) is 3.25. The van der Waals surface area contributed by atoms with E-state index in [0.717, 1.165) is 11.6 Å². The minimum Gasteiger partial charge on any atom is -0.481 e. The topological polar surface area (TPSA) is 98.1 Å². The molecule has 1 amide bonds. The fraction of sp³-hybridized carbons (Fsp3) is 0.458. The first kappa shape index (κ1) is 25.4. The molecule has 0 unspecified atom stereocenters. The molecule has 4 rings (SSSR count). The van der Waals surface area contributed by atoms with E-state index in [9.17, 15) is 18.0 Å². The lowest BCUT2D eigenvalue weighted by Gasteiger charge is -2.36. The Morgan fingerprint density at radius 2 is 1.92 bits per heavy atom. The molecule has 0 radical (unpaired) electrons. The number of aromatic nitrogens is 5. The van der Waals surface area contributed by atoms with Crippen LogP contribution in [-0.2, 0) is 30.4 Å². The van der Waals surface area contributed by atoms with E-state index < -0.39 is 11.9 Å². The largest absolute Gasteiger partial charge is 0.481 e. The summed E-state index contributed by atoms with van der Waals surface area (Å²) in [6.45, 7) is 6.05. The maximum atomic E-state index is 12.9. The van der Waals surface area contributed by atoms with Crippen LogP contribution in [0.2, 0.25) is 0 Å². The molecule has 4 heterocycles. The maximum absolute atomic E-state index is 12.9. The zero-order valence-electron chi connectivity index (χ0n) is 20.7. The number of amides is 1. The second kappa shape index (κ2) is 9.75. The van der Waals surface area contributed by atoms with E-state index in [-0.39, 0.29) is 30.3 Å². The molecule has 3 aromatic rings. The molecule has 36 heavy (non-hydrogen) atoms. The maximum Gasteiger partial charge on any atom is 0.433 e. The molecule has 0 bridgehead atoms. The van der Waals surface area contributed by atoms with Crippen molar-refractivity contribution in [1.29, 1.82) is 0 Å². The third kappa shape index (κ3) is 5.12. The number of pyridine rings is 1. The number of halogens is 3. The molecular weight excluding hydrogens is 475 g/mol. The van der Waals surface area contributed by atoms with E-state index in [1.165, 1.54) is 13.2 Å². The number of nitrogens with one attached hydrogen (secondary N) is 1. The van der Waals surface area contributed by atoms with Crippen LogP contribution in [0.25, 0.3) is 0 Å². The Kier molecular flexibility index (Phi) is 6.87. The molecule has 0 aromatic carbocycles. The SMILES string of the molecule is COc1nc(C(F)(F)F)ccc1Cn1cc(CCc2nc(C)c3c(n2)N(C)[C@@H](C(C)C)C(=O)N3)cn1. The molecule has 1 atom stereocenters. The first-order valence-corrected chi connectivity index (χ1v) is 11.5. The van der Waals surface area contributed by atoms with Gasteiger partial charge in [0.1, 0.15) is 23.2 Å². The van der Waals surface area contributed by atoms with Crippen molar-refractivity contribution in [3.8, 4) is 5.88 Å². The zero-order valence-corrected chi connectivity index (χ0v) is 20.7. The summed E-state index contributed by atoms with van der Waals surface area (Å²) in [5.41, 5.74) is 1.74. The lowest BCUT2D eigenvalue weighted by molar-refractivity contribution is -0.141. The Balaban J connectivity index is 1.47. The van der Waals surface area contributed by atoms with Gasteiger partial charge in [0.05, 0.1) is 25.5 Å². The minimum absolute atomic E-state index is 0.0632. The molecule has 192 valence electrons. The van der Waals surface area contributed by atoms with Crippen molar-refractivity contribution in [3.05, 3.63) is 52.9 Å². The number of nitrogens with zero attached hydrogens (tertiary/aromatic N) is 6. The van der Waals surface area contributed by atoms with E-state index >= 15 is 0 Å². The van der Waals surface area contributed by atoms with E-state index in [0.29, 0.717) is 41.4 Å². The fourth-order valence-corrected chi connectivity index (χ4v) is 4.36. The van der Waals surface area contributed by atoms with Gasteiger partial charge in [-0.2, -0.15) is 18.3 Å². The smallest absolute Gasteiger partial charge is 0.433 e. The van der Waals surface area contributed by atoms with Gasteiger partial charge in [0.25, 0.3) is 0 Å². The van der Waals surface area contributed by atoms with Gasteiger partial charge >= 0.3 is 6.18 Å². The second-order valence-corrected chi connectivity index (χ2v) is 9.12. The average molecular weight is 504 g/mol. The molecule has 1 aliphatic heterocycles. The zero-order chi connectivity index (χ0) is 26.2. The molecule has 0 fully saturated rings. The number of likely N-dealkylation sites (N-methyl/N-ethyl adjacent to an activating group) is 1. The van der Waals surface area contributed by atoms with E-state index in [1.54, 1.807) is 10.9 Å². The number of ether oxygens (including phenoxy) is 1. The lowest BCUT2D eigenvalue weighted by atomic mass is 9.99. The predicted molar refractivity (Wildman–Crippen MR) is 127 cm³/mol. The molecule has 0 aliphatic carbocycles. The van der Waals surface area contributed by atoms with E-state index in [2.05, 4.69) is 20.4 Å². The third-order valence-electron chi connectivity index (χ3n) is 6.10. The highest BCUT2D eigenvalue weighted by Crippen LogP contribution is 2.33. The Labute approximate surface area is 206 Å². The Bertz CT molecular complexity index is 1270. The summed E-state index contributed by atoms with van der Waals surface area (Å²) < 4.78 is 45.5. The molecule has 9 nitrogen and oxygen atoms in total. The summed E-state index contributed by atoms with van der Waals surface area (Å²) in [6.07, 6.45) is 0.154. The highest BCUT2D eigenvalue weighted by Gasteiger charge is 2.35. The van der Waals surface area contributed by atoms with Gasteiger partial charge in [-0.1, -0.05) is 13.8 Å². The van der Waals surface area contributed by atoms with E-state index in [1.807, 2.05) is 38.9 Å². The molecule has 1 aliphatic rings. The highest BCUT2D eigenvalue weighted by molar-refractivity contribution is 6.03. The number of fused-ring (bicyclic) bond motifs is 1. The minimum atomic E-state index is -4.54. The van der Waals surface area contributed by atoms with E-state index in [4.69, 9.17) is 9.72 Å². The first-order valence-electron chi connectivity index (χ1n) is 11.5. The van der Waals surface area contributed by atoms with Gasteiger partial charge in [-0.15, -0.1) is 0 Å². The van der Waals surface area contributed by atoms with Crippen molar-refractivity contribution < 1.29 is 22.7 Å². The summed E-state index contributed by atoms with van der Waals surface area (Å²) in [6, 6.07) is 1.97. The lowest BCUT2D eigenvalue weighted by Crippen LogP contribution is -2.49. The number of rotatable bonds is 7. The summed E-state index contributed by atoms with van der Waals surface area (Å²) in [4.78, 5) is 27.3. The van der Waals surface area contributed by atoms with Crippen LogP contribution < -0.4 is 15.0 Å². The van der Waals surface area contributed by atoms with Crippen LogP contribution in [0, 0.1) is 12.8 Å². The number of anilines is 2. The normalized spacial score (nSPS) is 15.8. The van der Waals surface area contributed by atoms with Gasteiger partial charge in [0, 0.05) is 25.2 Å². The standard InChI is InChI=1S/C24H28F3N7O2/c1-13(2)20-22(35)32-19-14(3)29-18(31-21(19)33(20)4)9-6-15-10-28-34(11-15)12-16-7-8-17(24(25,26)27)30-23(16)36-5/h7-8,10-11,13,20H,6,9,12H2,1-5H3,(H,32,35)/t20-/m0/s1. The van der Waals surface area contributed by atoms with Crippen LogP contribution in [0.4, 0.5) is 24.7 Å². The Hall–Kier alpha value is -3.70. The van der Waals surface area contributed by atoms with Gasteiger partial charge < -0.3 is 15.0 Å². The summed E-state index contributed by atoms with van der Waals surface area (Å²) >= 11 is 0. The van der Waals surface area contributed by atoms with Crippen LogP contribution in [-0.4, -0.2) is 50.8 Å². The molecule has 0 saturated carbocycles. The highest BCUT2D eigenvalue weighted by atomic mass is 19.4. The summed E-state index contributed by atoms with van der Waals surface area (Å²) in [5, 5.41) is 7.26. The first-order chi connectivity index (χ1) is 17.0. The van der Waals surface area contributed by atoms with Crippen molar-refractivity contribution in [3.63, 3.8) is 0 Å². The monoisotopic (exact) mass is 503 g/mol. The Morgan fingerprint density at radius 1 is 1.17 bits per heavy atom. The summed E-state index contributed by atoms with van der Waals surface area (Å²) in [5.74, 6) is 1.32. The molecule has 3 aromatic heterocycles. The van der Waals surface area contributed by atoms with Crippen molar-refractivity contribution in [2.24, 2.45) is 5.92 Å². The van der Waals surface area contributed by atoms with Crippen LogP contribution in [0.5, 0.6) is 5.88 Å². The molecular formula is C24H28F3N7O2. The van der Waals surface area contributed by atoms with Crippen molar-refractivity contribution in [2.75, 3.05) is 24.4 Å². The van der Waals surface area contributed by atoms with Gasteiger partial charge in [0.15, 0.2) is 5.82 Å². The number of methoxy groups -OCH3 is 1. The third-order valence-corrected chi connectivity index (χ3v) is 6.10. The van der Waals surface area contributed by atoms with Gasteiger partial charge in [-0.3, -0.25) is 9.48 Å². The fourth-order valence-electron chi connectivity index (χ4n) is 4.36. The van der Waals surface area contributed by atoms with Gasteiger partial charge in [-0.05, 0) is 37.0 Å². The van der Waals surface area contributed by atoms with Crippen LogP contribution in [0.15, 0.2) is 24.5 Å². The second-order valence-electron chi connectivity index (χ2n) is 9.12. The number of carbonyl (C=O) groups excluding carboxylic acids is 1. The quantitative estimate of drug-likeness (QED) is 0.526. The van der Waals surface area contributed by atoms with Crippen molar-refractivity contribution in [1.82, 2.24) is 24.7 Å². The Morgan fingerprint density at radius 3 is 2.58 bits per heavy atom. The van der Waals surface area contributed by atoms with Crippen LogP contribution >= 0.6 is 0 Å². The van der Waals surface area contributed by atoms with Crippen LogP contribution in [0.1, 0.15) is 42.2 Å². The number of hydrogen-bond acceptors (Lipinski definition) is 7. The van der Waals surface area contributed by atoms with Crippen molar-refractivity contribution >= 4 is 17.4 Å². The van der Waals surface area contributed by atoms with Crippen molar-refractivity contribution in [2.45, 2.75) is 52.4 Å².